The molecule has 0 aromatic heterocycles. The molecule has 0 radical (unpaired) electrons. The van der Waals surface area contributed by atoms with Gasteiger partial charge >= 0.3 is 0 Å². The van der Waals surface area contributed by atoms with Crippen LogP contribution in [0.4, 0.5) is 0 Å². The molecule has 2 amide bonds. The predicted octanol–water partition coefficient (Wildman–Crippen LogP) is 4.18. The van der Waals surface area contributed by atoms with E-state index in [1.165, 1.54) is 12.8 Å². The number of nitrogens with one attached hydrogen (secondary N) is 1. The van der Waals surface area contributed by atoms with Gasteiger partial charge < -0.3 is 19.9 Å². The number of fused-ring (bicyclic) bond motifs is 1. The largest absolute Gasteiger partial charge is 0.497 e. The van der Waals surface area contributed by atoms with Gasteiger partial charge in [-0.3, -0.25) is 9.59 Å². The van der Waals surface area contributed by atoms with Gasteiger partial charge in [-0.2, -0.15) is 0 Å². The third-order valence-corrected chi connectivity index (χ3v) is 5.07. The summed E-state index contributed by atoms with van der Waals surface area (Å²) in [5.41, 5.74) is 0.545. The van der Waals surface area contributed by atoms with Crippen LogP contribution in [0.25, 0.3) is 10.8 Å². The van der Waals surface area contributed by atoms with Crippen LogP contribution in [0.15, 0.2) is 36.4 Å². The average Bonchev–Trinajstić information content (AvgIpc) is 2.83. The fourth-order valence-corrected chi connectivity index (χ4v) is 2.92. The third kappa shape index (κ3) is 8.58. The second-order valence-corrected chi connectivity index (χ2v) is 7.29. The van der Waals surface area contributed by atoms with E-state index in [4.69, 9.17) is 4.74 Å². The lowest BCUT2D eigenvalue weighted by Crippen LogP contribution is -2.50. The normalized spacial score (nSPS) is 13.4. The summed E-state index contributed by atoms with van der Waals surface area (Å²) >= 11 is 0. The lowest BCUT2D eigenvalue weighted by molar-refractivity contribution is -0.131. The number of nitrogens with zero attached hydrogens (tertiary/aromatic N) is 2. The van der Waals surface area contributed by atoms with Gasteiger partial charge in [0.2, 0.25) is 5.91 Å². The van der Waals surface area contributed by atoms with Gasteiger partial charge in [0, 0.05) is 31.7 Å². The Labute approximate surface area is 187 Å². The molecule has 3 rings (SSSR count). The molecule has 2 aromatic rings. The zero-order chi connectivity index (χ0) is 23.2. The number of benzene rings is 2. The van der Waals surface area contributed by atoms with Crippen LogP contribution in [-0.2, 0) is 4.79 Å². The lowest BCUT2D eigenvalue weighted by atomic mass is 10.1. The third-order valence-electron chi connectivity index (χ3n) is 5.07. The number of rotatable bonds is 5. The molecule has 0 saturated carbocycles. The molecular weight excluding hydrogens is 390 g/mol. The number of methoxy groups -OCH3 is 1. The van der Waals surface area contributed by atoms with E-state index in [9.17, 15) is 9.59 Å². The Morgan fingerprint density at radius 2 is 1.52 bits per heavy atom. The minimum Gasteiger partial charge on any atom is -0.497 e. The van der Waals surface area contributed by atoms with Gasteiger partial charge in [0.1, 0.15) is 5.75 Å². The molecule has 1 N–H and O–H groups in total. The van der Waals surface area contributed by atoms with E-state index in [1.807, 2.05) is 51.2 Å². The fraction of sp³-hybridized carbons (Fsp3) is 0.520. The molecule has 1 fully saturated rings. The Morgan fingerprint density at radius 1 is 0.935 bits per heavy atom. The molecule has 0 bridgehead atoms. The molecule has 1 aliphatic rings. The molecule has 2 aromatic carbocycles. The van der Waals surface area contributed by atoms with E-state index in [0.717, 1.165) is 29.6 Å². The van der Waals surface area contributed by atoms with Crippen molar-refractivity contribution in [2.45, 2.75) is 40.5 Å². The second-order valence-electron chi connectivity index (χ2n) is 7.29. The second kappa shape index (κ2) is 14.4. The molecule has 0 unspecified atom stereocenters. The van der Waals surface area contributed by atoms with Gasteiger partial charge in [0.15, 0.2) is 0 Å². The van der Waals surface area contributed by atoms with Crippen molar-refractivity contribution in [3.63, 3.8) is 0 Å². The van der Waals surface area contributed by atoms with Crippen LogP contribution in [0.3, 0.4) is 0 Å². The summed E-state index contributed by atoms with van der Waals surface area (Å²) in [5, 5.41) is 4.69. The highest BCUT2D eigenvalue weighted by atomic mass is 16.5. The van der Waals surface area contributed by atoms with E-state index >= 15 is 0 Å². The molecule has 172 valence electrons. The highest BCUT2D eigenvalue weighted by Crippen LogP contribution is 2.21. The Morgan fingerprint density at radius 3 is 2.10 bits per heavy atom. The van der Waals surface area contributed by atoms with Crippen molar-refractivity contribution >= 4 is 22.6 Å². The topological polar surface area (TPSA) is 61.9 Å². The number of carbonyl (C=O) groups is 2. The minimum absolute atomic E-state index is 0.0309. The number of hydrogen-bond donors (Lipinski definition) is 1. The van der Waals surface area contributed by atoms with Crippen LogP contribution in [-0.4, -0.2) is 68.5 Å². The minimum atomic E-state index is -0.236. The van der Waals surface area contributed by atoms with Gasteiger partial charge in [0.05, 0.1) is 13.7 Å². The van der Waals surface area contributed by atoms with Crippen molar-refractivity contribution in [2.75, 3.05) is 46.9 Å². The molecule has 1 saturated heterocycles. The summed E-state index contributed by atoms with van der Waals surface area (Å²) in [6, 6.07) is 11.2. The van der Waals surface area contributed by atoms with E-state index in [2.05, 4.69) is 24.1 Å². The van der Waals surface area contributed by atoms with Crippen molar-refractivity contribution in [3.8, 4) is 5.75 Å². The van der Waals surface area contributed by atoms with Crippen molar-refractivity contribution in [1.29, 1.82) is 0 Å². The van der Waals surface area contributed by atoms with E-state index in [-0.39, 0.29) is 18.4 Å². The maximum atomic E-state index is 12.3. The standard InChI is InChI=1S/C19H23N3O3.C4H10.C2H6/c1-21-7-9-22(10-8-21)18(23)13-20-19(24)16-4-3-15-12-17(25-2)6-5-14(15)11-16;1-3-4-2;1-2/h3-6,11-12H,7-10,13H2,1-2H3,(H,20,24);3-4H2,1-2H3;1-2H3. The van der Waals surface area contributed by atoms with E-state index < -0.39 is 0 Å². The Bertz CT molecular complexity index is 813. The molecule has 0 aliphatic carbocycles. The van der Waals surface area contributed by atoms with Crippen LogP contribution < -0.4 is 10.1 Å². The maximum Gasteiger partial charge on any atom is 0.251 e. The monoisotopic (exact) mass is 429 g/mol. The Hall–Kier alpha value is -2.60. The quantitative estimate of drug-likeness (QED) is 0.774. The Kier molecular flexibility index (Phi) is 12.3. The van der Waals surface area contributed by atoms with Gasteiger partial charge in [-0.1, -0.05) is 52.7 Å². The van der Waals surface area contributed by atoms with Gasteiger partial charge in [-0.15, -0.1) is 0 Å². The van der Waals surface area contributed by atoms with Crippen molar-refractivity contribution < 1.29 is 14.3 Å². The van der Waals surface area contributed by atoms with Crippen LogP contribution >= 0.6 is 0 Å². The first kappa shape index (κ1) is 26.4. The molecule has 31 heavy (non-hydrogen) atoms. The smallest absolute Gasteiger partial charge is 0.251 e. The van der Waals surface area contributed by atoms with Gasteiger partial charge in [-0.25, -0.2) is 0 Å². The number of hydrogen-bond acceptors (Lipinski definition) is 4. The number of unbranched alkanes of at least 4 members (excludes halogenated alkanes) is 1. The molecule has 6 nitrogen and oxygen atoms in total. The average molecular weight is 430 g/mol. The van der Waals surface area contributed by atoms with Gasteiger partial charge in [-0.05, 0) is 42.1 Å². The molecule has 1 heterocycles. The molecule has 6 heteroatoms. The highest BCUT2D eigenvalue weighted by Gasteiger charge is 2.19. The zero-order valence-electron chi connectivity index (χ0n) is 20.0. The number of piperazine rings is 1. The molecular formula is C25H39N3O3. The van der Waals surface area contributed by atoms with E-state index in [0.29, 0.717) is 18.7 Å². The zero-order valence-corrected chi connectivity index (χ0v) is 20.0. The van der Waals surface area contributed by atoms with E-state index in [1.54, 1.807) is 18.1 Å². The molecule has 0 spiro atoms. The van der Waals surface area contributed by atoms with Crippen LogP contribution in [0, 0.1) is 0 Å². The summed E-state index contributed by atoms with van der Waals surface area (Å²) < 4.78 is 5.20. The van der Waals surface area contributed by atoms with Crippen LogP contribution in [0.1, 0.15) is 50.9 Å². The van der Waals surface area contributed by atoms with Crippen molar-refractivity contribution in [1.82, 2.24) is 15.1 Å². The molecule has 1 aliphatic heterocycles. The summed E-state index contributed by atoms with van der Waals surface area (Å²) in [4.78, 5) is 28.5. The summed E-state index contributed by atoms with van der Waals surface area (Å²) in [7, 11) is 3.67. The van der Waals surface area contributed by atoms with Gasteiger partial charge in [0.25, 0.3) is 5.91 Å². The number of amides is 2. The number of likely N-dealkylation sites (N-methyl/N-ethyl adjacent to an activating group) is 1. The lowest BCUT2D eigenvalue weighted by Gasteiger charge is -2.32. The highest BCUT2D eigenvalue weighted by molar-refractivity contribution is 6.00. The predicted molar refractivity (Wildman–Crippen MR) is 129 cm³/mol. The fourth-order valence-electron chi connectivity index (χ4n) is 2.92. The first-order valence-electron chi connectivity index (χ1n) is 11.3. The first-order chi connectivity index (χ1) is 15.0. The van der Waals surface area contributed by atoms with Crippen molar-refractivity contribution in [2.24, 2.45) is 0 Å². The Balaban J connectivity index is 0.000000720. The van der Waals surface area contributed by atoms with Crippen LogP contribution in [0.2, 0.25) is 0 Å². The summed E-state index contributed by atoms with van der Waals surface area (Å²) in [6.45, 7) is 11.6. The summed E-state index contributed by atoms with van der Waals surface area (Å²) in [5.74, 6) is 0.509. The SMILES string of the molecule is CC.CCCC.COc1ccc2cc(C(=O)NCC(=O)N3CCN(C)CC3)ccc2c1. The molecule has 0 atom stereocenters. The number of carbonyl (C=O) groups excluding carboxylic acids is 2. The number of ether oxygens (including phenoxy) is 1. The van der Waals surface area contributed by atoms with Crippen LogP contribution in [0.5, 0.6) is 5.75 Å². The first-order valence-corrected chi connectivity index (χ1v) is 11.3. The van der Waals surface area contributed by atoms with Crippen molar-refractivity contribution in [3.05, 3.63) is 42.0 Å². The maximum absolute atomic E-state index is 12.3. The summed E-state index contributed by atoms with van der Waals surface area (Å²) in [6.07, 6.45) is 2.64.